The Bertz CT molecular complexity index is 1380. The number of fused-ring (bicyclic) bond motifs is 1. The Morgan fingerprint density at radius 2 is 1.31 bits per heavy atom. The molecule has 1 unspecified atom stereocenters. The van der Waals surface area contributed by atoms with E-state index >= 15 is 0 Å². The SMILES string of the molecule is Nc1ccc(CC(NC(c2ccccc2)(c2ccccc2)c2ccccc2)C(=O)O)c2cccnc12. The van der Waals surface area contributed by atoms with Crippen LogP contribution in [0.1, 0.15) is 22.3 Å². The van der Waals surface area contributed by atoms with Crippen molar-refractivity contribution in [2.24, 2.45) is 0 Å². The summed E-state index contributed by atoms with van der Waals surface area (Å²) in [5, 5.41) is 14.9. The molecular weight excluding hydrogens is 446 g/mol. The lowest BCUT2D eigenvalue weighted by Gasteiger charge is -2.39. The minimum Gasteiger partial charge on any atom is -0.480 e. The first-order valence-electron chi connectivity index (χ1n) is 11.9. The van der Waals surface area contributed by atoms with Gasteiger partial charge in [-0.2, -0.15) is 0 Å². The molecule has 5 heteroatoms. The van der Waals surface area contributed by atoms with Crippen LogP contribution in [0.15, 0.2) is 121 Å². The lowest BCUT2D eigenvalue weighted by Crippen LogP contribution is -2.53. The third-order valence-corrected chi connectivity index (χ3v) is 6.62. The molecular formula is C31H27N3O2. The molecule has 4 N–H and O–H groups in total. The Labute approximate surface area is 210 Å². The van der Waals surface area contributed by atoms with Gasteiger partial charge in [0.25, 0.3) is 0 Å². The number of pyridine rings is 1. The fourth-order valence-corrected chi connectivity index (χ4v) is 4.93. The summed E-state index contributed by atoms with van der Waals surface area (Å²) in [5.74, 6) is -0.934. The maximum atomic E-state index is 12.8. The summed E-state index contributed by atoms with van der Waals surface area (Å²) in [6, 6.07) is 36.5. The predicted molar refractivity (Wildman–Crippen MR) is 144 cm³/mol. The lowest BCUT2D eigenvalue weighted by molar-refractivity contribution is -0.139. The zero-order valence-corrected chi connectivity index (χ0v) is 19.7. The average Bonchev–Trinajstić information content (AvgIpc) is 2.94. The molecule has 0 aliphatic rings. The smallest absolute Gasteiger partial charge is 0.321 e. The van der Waals surface area contributed by atoms with Crippen molar-refractivity contribution in [1.29, 1.82) is 0 Å². The van der Waals surface area contributed by atoms with Gasteiger partial charge >= 0.3 is 5.97 Å². The van der Waals surface area contributed by atoms with Crippen molar-refractivity contribution in [1.82, 2.24) is 10.3 Å². The van der Waals surface area contributed by atoms with Gasteiger partial charge in [0.15, 0.2) is 0 Å². The maximum absolute atomic E-state index is 12.8. The van der Waals surface area contributed by atoms with Gasteiger partial charge in [0.2, 0.25) is 0 Å². The standard InChI is InChI=1S/C31H27N3O2/c32-27-19-18-22(26-17-10-20-33-29(26)27)21-28(30(35)36)34-31(23-11-4-1-5-12-23,24-13-6-2-7-14-24)25-15-8-3-9-16-25/h1-20,28,34H,21,32H2,(H,35,36). The molecule has 36 heavy (non-hydrogen) atoms. The second-order valence-corrected chi connectivity index (χ2v) is 8.80. The van der Waals surface area contributed by atoms with E-state index in [4.69, 9.17) is 5.73 Å². The van der Waals surface area contributed by atoms with Crippen molar-refractivity contribution in [2.75, 3.05) is 5.73 Å². The Morgan fingerprint density at radius 3 is 1.81 bits per heavy atom. The zero-order chi connectivity index (χ0) is 25.0. The van der Waals surface area contributed by atoms with Crippen molar-refractivity contribution < 1.29 is 9.90 Å². The summed E-state index contributed by atoms with van der Waals surface area (Å²) in [6.07, 6.45) is 1.95. The Hall–Kier alpha value is -4.48. The number of nitrogen functional groups attached to an aromatic ring is 1. The van der Waals surface area contributed by atoms with E-state index in [2.05, 4.69) is 10.3 Å². The van der Waals surface area contributed by atoms with Gasteiger partial charge in [-0.15, -0.1) is 0 Å². The van der Waals surface area contributed by atoms with E-state index in [0.717, 1.165) is 27.6 Å². The van der Waals surface area contributed by atoms with Crippen LogP contribution in [-0.4, -0.2) is 22.1 Å². The molecule has 0 aliphatic carbocycles. The molecule has 4 aromatic carbocycles. The summed E-state index contributed by atoms with van der Waals surface area (Å²) >= 11 is 0. The molecule has 0 radical (unpaired) electrons. The molecule has 5 aromatic rings. The van der Waals surface area contributed by atoms with Gasteiger partial charge in [0.1, 0.15) is 6.04 Å². The monoisotopic (exact) mass is 473 g/mol. The number of nitrogens with two attached hydrogens (primary N) is 1. The van der Waals surface area contributed by atoms with E-state index in [1.807, 2.05) is 109 Å². The van der Waals surface area contributed by atoms with E-state index in [9.17, 15) is 9.90 Å². The normalized spacial score (nSPS) is 12.3. The van der Waals surface area contributed by atoms with E-state index in [-0.39, 0.29) is 6.42 Å². The van der Waals surface area contributed by atoms with Gasteiger partial charge in [0.05, 0.1) is 16.7 Å². The first-order chi connectivity index (χ1) is 17.6. The van der Waals surface area contributed by atoms with Gasteiger partial charge in [-0.05, 0) is 40.8 Å². The average molecular weight is 474 g/mol. The van der Waals surface area contributed by atoms with Crippen LogP contribution >= 0.6 is 0 Å². The number of nitrogens with zero attached hydrogens (tertiary/aromatic N) is 1. The number of anilines is 1. The molecule has 0 bridgehead atoms. The fourth-order valence-electron chi connectivity index (χ4n) is 4.93. The summed E-state index contributed by atoms with van der Waals surface area (Å²) in [6.45, 7) is 0. The van der Waals surface area contributed by atoms with Crippen molar-refractivity contribution in [2.45, 2.75) is 18.0 Å². The van der Waals surface area contributed by atoms with E-state index < -0.39 is 17.6 Å². The molecule has 178 valence electrons. The highest BCUT2D eigenvalue weighted by molar-refractivity contribution is 5.92. The van der Waals surface area contributed by atoms with E-state index in [1.54, 1.807) is 12.3 Å². The van der Waals surface area contributed by atoms with Crippen LogP contribution in [0, 0.1) is 0 Å². The number of hydrogen-bond acceptors (Lipinski definition) is 4. The topological polar surface area (TPSA) is 88.2 Å². The summed E-state index contributed by atoms with van der Waals surface area (Å²) < 4.78 is 0. The lowest BCUT2D eigenvalue weighted by atomic mass is 9.76. The Balaban J connectivity index is 1.68. The molecule has 0 saturated heterocycles. The third kappa shape index (κ3) is 4.32. The molecule has 1 atom stereocenters. The molecule has 0 aliphatic heterocycles. The molecule has 0 spiro atoms. The molecule has 0 fully saturated rings. The molecule has 0 saturated carbocycles. The van der Waals surface area contributed by atoms with Crippen molar-refractivity contribution >= 4 is 22.6 Å². The second-order valence-electron chi connectivity index (χ2n) is 8.80. The summed E-state index contributed by atoms with van der Waals surface area (Å²) in [7, 11) is 0. The Kier molecular flexibility index (Phi) is 6.48. The molecule has 0 amide bonds. The first kappa shape index (κ1) is 23.3. The van der Waals surface area contributed by atoms with Crippen molar-refractivity contribution in [3.8, 4) is 0 Å². The van der Waals surface area contributed by atoms with Crippen LogP contribution in [-0.2, 0) is 16.8 Å². The van der Waals surface area contributed by atoms with Crippen molar-refractivity contribution in [3.63, 3.8) is 0 Å². The summed E-state index contributed by atoms with van der Waals surface area (Å²) in [4.78, 5) is 17.2. The van der Waals surface area contributed by atoms with Gasteiger partial charge in [-0.1, -0.05) is 103 Å². The third-order valence-electron chi connectivity index (χ3n) is 6.62. The number of carboxylic acid groups (broad SMARTS) is 1. The van der Waals surface area contributed by atoms with Crippen LogP contribution in [0.2, 0.25) is 0 Å². The maximum Gasteiger partial charge on any atom is 0.321 e. The fraction of sp³-hybridized carbons (Fsp3) is 0.0968. The first-order valence-corrected chi connectivity index (χ1v) is 11.9. The quantitative estimate of drug-likeness (QED) is 0.208. The highest BCUT2D eigenvalue weighted by Crippen LogP contribution is 2.37. The van der Waals surface area contributed by atoms with Gasteiger partial charge < -0.3 is 10.8 Å². The van der Waals surface area contributed by atoms with E-state index in [0.29, 0.717) is 11.2 Å². The predicted octanol–water partition coefficient (Wildman–Crippen LogP) is 5.39. The molecule has 1 aromatic heterocycles. The molecule has 5 nitrogen and oxygen atoms in total. The van der Waals surface area contributed by atoms with Crippen LogP contribution in [0.3, 0.4) is 0 Å². The minimum atomic E-state index is -0.934. The molecule has 1 heterocycles. The van der Waals surface area contributed by atoms with Crippen LogP contribution in [0.4, 0.5) is 5.69 Å². The van der Waals surface area contributed by atoms with Gasteiger partial charge in [-0.25, -0.2) is 0 Å². The summed E-state index contributed by atoms with van der Waals surface area (Å²) in [5.41, 5.74) is 10.2. The number of carbonyl (C=O) groups is 1. The largest absolute Gasteiger partial charge is 0.480 e. The molecule has 5 rings (SSSR count). The number of carboxylic acids is 1. The van der Waals surface area contributed by atoms with E-state index in [1.165, 1.54) is 0 Å². The second kappa shape index (κ2) is 10.0. The Morgan fingerprint density at radius 1 is 0.778 bits per heavy atom. The number of aromatic nitrogens is 1. The number of benzene rings is 4. The number of nitrogens with one attached hydrogen (secondary N) is 1. The number of aliphatic carboxylic acids is 1. The van der Waals surface area contributed by atoms with Crippen LogP contribution < -0.4 is 11.1 Å². The van der Waals surface area contributed by atoms with Gasteiger partial charge in [-0.3, -0.25) is 15.1 Å². The number of rotatable bonds is 8. The highest BCUT2D eigenvalue weighted by atomic mass is 16.4. The zero-order valence-electron chi connectivity index (χ0n) is 19.7. The minimum absolute atomic E-state index is 0.256. The highest BCUT2D eigenvalue weighted by Gasteiger charge is 2.40. The number of hydrogen-bond donors (Lipinski definition) is 3. The van der Waals surface area contributed by atoms with Crippen LogP contribution in [0.25, 0.3) is 10.9 Å². The van der Waals surface area contributed by atoms with Gasteiger partial charge in [0, 0.05) is 11.6 Å². The van der Waals surface area contributed by atoms with Crippen molar-refractivity contribution in [3.05, 3.63) is 144 Å². The van der Waals surface area contributed by atoms with Crippen LogP contribution in [0.5, 0.6) is 0 Å².